The topological polar surface area (TPSA) is 81.4 Å². The molecule has 1 atom stereocenters. The van der Waals surface area contributed by atoms with E-state index in [9.17, 15) is 8.42 Å². The molecule has 1 aliphatic rings. The van der Waals surface area contributed by atoms with Crippen molar-refractivity contribution < 1.29 is 13.2 Å². The summed E-state index contributed by atoms with van der Waals surface area (Å²) < 4.78 is 28.3. The molecule has 3 N–H and O–H groups in total. The molecule has 0 spiro atoms. The third-order valence-electron chi connectivity index (χ3n) is 4.06. The molecule has 118 valence electrons. The van der Waals surface area contributed by atoms with Gasteiger partial charge in [0.05, 0.1) is 17.7 Å². The molecule has 0 heterocycles. The second kappa shape index (κ2) is 5.85. The number of benzene rings is 1. The predicted molar refractivity (Wildman–Crippen MR) is 84.0 cm³/mol. The van der Waals surface area contributed by atoms with Crippen molar-refractivity contribution in [1.29, 1.82) is 0 Å². The minimum Gasteiger partial charge on any atom is -0.495 e. The SMILES string of the molecule is COc1ccc(S(N)(=O)=O)cc1NC1CCCC(C)(C)C1. The van der Waals surface area contributed by atoms with Gasteiger partial charge in [-0.2, -0.15) is 0 Å². The van der Waals surface area contributed by atoms with Crippen molar-refractivity contribution in [3.8, 4) is 5.75 Å². The van der Waals surface area contributed by atoms with E-state index in [1.807, 2.05) is 0 Å². The van der Waals surface area contributed by atoms with Crippen molar-refractivity contribution in [2.24, 2.45) is 10.6 Å². The number of methoxy groups -OCH3 is 1. The number of primary sulfonamides is 1. The number of anilines is 1. The maximum Gasteiger partial charge on any atom is 0.238 e. The number of sulfonamides is 1. The number of nitrogens with one attached hydrogen (secondary N) is 1. The maximum absolute atomic E-state index is 11.5. The predicted octanol–water partition coefficient (Wildman–Crippen LogP) is 2.72. The van der Waals surface area contributed by atoms with Crippen LogP contribution in [0, 0.1) is 5.41 Å². The van der Waals surface area contributed by atoms with Gasteiger partial charge >= 0.3 is 0 Å². The van der Waals surface area contributed by atoms with E-state index in [2.05, 4.69) is 19.2 Å². The average molecular weight is 312 g/mol. The van der Waals surface area contributed by atoms with E-state index in [4.69, 9.17) is 9.88 Å². The summed E-state index contributed by atoms with van der Waals surface area (Å²) in [5, 5.41) is 8.62. The standard InChI is InChI=1S/C15H24N2O3S/c1-15(2)8-4-5-11(10-15)17-13-9-12(21(16,18)19)6-7-14(13)20-3/h6-7,9,11,17H,4-5,8,10H2,1-3H3,(H2,16,18,19). The fourth-order valence-corrected chi connectivity index (χ4v) is 3.56. The summed E-state index contributed by atoms with van der Waals surface area (Å²) in [6, 6.07) is 4.97. The summed E-state index contributed by atoms with van der Waals surface area (Å²) in [5.41, 5.74) is 0.993. The van der Waals surface area contributed by atoms with Gasteiger partial charge in [-0.15, -0.1) is 0 Å². The monoisotopic (exact) mass is 312 g/mol. The second-order valence-corrected chi connectivity index (χ2v) is 8.07. The molecule has 1 aromatic carbocycles. The summed E-state index contributed by atoms with van der Waals surface area (Å²) >= 11 is 0. The van der Waals surface area contributed by atoms with Crippen LogP contribution in [0.2, 0.25) is 0 Å². The number of rotatable bonds is 4. The van der Waals surface area contributed by atoms with E-state index < -0.39 is 10.0 Å². The molecule has 1 unspecified atom stereocenters. The molecular weight excluding hydrogens is 288 g/mol. The number of hydrogen-bond acceptors (Lipinski definition) is 4. The minimum absolute atomic E-state index is 0.0980. The number of hydrogen-bond donors (Lipinski definition) is 2. The molecule has 0 amide bonds. The highest BCUT2D eigenvalue weighted by molar-refractivity contribution is 7.89. The van der Waals surface area contributed by atoms with E-state index in [0.29, 0.717) is 22.9 Å². The van der Waals surface area contributed by atoms with E-state index in [0.717, 1.165) is 12.8 Å². The largest absolute Gasteiger partial charge is 0.495 e. The smallest absolute Gasteiger partial charge is 0.238 e. The molecule has 6 heteroatoms. The average Bonchev–Trinajstić information content (AvgIpc) is 2.36. The molecule has 21 heavy (non-hydrogen) atoms. The maximum atomic E-state index is 11.5. The fraction of sp³-hybridized carbons (Fsp3) is 0.600. The van der Waals surface area contributed by atoms with Gasteiger partial charge in [0.15, 0.2) is 0 Å². The van der Waals surface area contributed by atoms with Crippen LogP contribution >= 0.6 is 0 Å². The van der Waals surface area contributed by atoms with Gasteiger partial charge in [-0.3, -0.25) is 0 Å². The van der Waals surface area contributed by atoms with Crippen molar-refractivity contribution in [2.75, 3.05) is 12.4 Å². The van der Waals surface area contributed by atoms with E-state index in [-0.39, 0.29) is 4.90 Å². The van der Waals surface area contributed by atoms with Gasteiger partial charge in [0.1, 0.15) is 5.75 Å². The molecular formula is C15H24N2O3S. The Morgan fingerprint density at radius 3 is 2.67 bits per heavy atom. The van der Waals surface area contributed by atoms with Gasteiger partial charge in [-0.1, -0.05) is 20.3 Å². The number of ether oxygens (including phenoxy) is 1. The van der Waals surface area contributed by atoms with Crippen LogP contribution in [-0.4, -0.2) is 21.6 Å². The Balaban J connectivity index is 2.25. The first kappa shape index (κ1) is 16.1. The van der Waals surface area contributed by atoms with Crippen molar-refractivity contribution in [3.63, 3.8) is 0 Å². The van der Waals surface area contributed by atoms with Crippen molar-refractivity contribution in [3.05, 3.63) is 18.2 Å². The van der Waals surface area contributed by atoms with Gasteiger partial charge in [0.2, 0.25) is 10.0 Å². The number of nitrogens with two attached hydrogens (primary N) is 1. The minimum atomic E-state index is -3.71. The Morgan fingerprint density at radius 1 is 1.38 bits per heavy atom. The van der Waals surface area contributed by atoms with Crippen molar-refractivity contribution in [2.45, 2.75) is 50.5 Å². The lowest BCUT2D eigenvalue weighted by molar-refractivity contribution is 0.229. The summed E-state index contributed by atoms with van der Waals surface area (Å²) in [5.74, 6) is 0.630. The lowest BCUT2D eigenvalue weighted by Gasteiger charge is -2.36. The molecule has 0 bridgehead atoms. The van der Waals surface area contributed by atoms with Gasteiger partial charge in [-0.05, 0) is 42.9 Å². The molecule has 0 aromatic heterocycles. The summed E-state index contributed by atoms with van der Waals surface area (Å²) in [6.07, 6.45) is 4.52. The molecule has 5 nitrogen and oxygen atoms in total. The van der Waals surface area contributed by atoms with E-state index in [1.54, 1.807) is 19.2 Å². The van der Waals surface area contributed by atoms with Crippen LogP contribution in [-0.2, 0) is 10.0 Å². The lowest BCUT2D eigenvalue weighted by atomic mass is 9.75. The molecule has 1 aliphatic carbocycles. The third-order valence-corrected chi connectivity index (χ3v) is 4.98. The Kier molecular flexibility index (Phi) is 4.49. The van der Waals surface area contributed by atoms with Gasteiger partial charge in [0, 0.05) is 6.04 Å². The quantitative estimate of drug-likeness (QED) is 0.895. The summed E-state index contributed by atoms with van der Waals surface area (Å²) in [4.78, 5) is 0.0980. The van der Waals surface area contributed by atoms with E-state index >= 15 is 0 Å². The lowest BCUT2D eigenvalue weighted by Crippen LogP contribution is -2.32. The van der Waals surface area contributed by atoms with Crippen molar-refractivity contribution >= 4 is 15.7 Å². The molecule has 2 rings (SSSR count). The zero-order valence-electron chi connectivity index (χ0n) is 12.8. The highest BCUT2D eigenvalue weighted by atomic mass is 32.2. The highest BCUT2D eigenvalue weighted by Crippen LogP contribution is 2.37. The first-order valence-electron chi connectivity index (χ1n) is 7.19. The molecule has 0 saturated heterocycles. The molecule has 1 aromatic rings. The zero-order valence-corrected chi connectivity index (χ0v) is 13.7. The normalized spacial score (nSPS) is 21.8. The summed E-state index contributed by atoms with van der Waals surface area (Å²) in [6.45, 7) is 4.53. The van der Waals surface area contributed by atoms with Crippen LogP contribution in [0.3, 0.4) is 0 Å². The molecule has 0 aliphatic heterocycles. The van der Waals surface area contributed by atoms with Gasteiger partial charge in [0.25, 0.3) is 0 Å². The third kappa shape index (κ3) is 4.11. The Bertz CT molecular complexity index is 611. The first-order chi connectivity index (χ1) is 9.71. The van der Waals surface area contributed by atoms with Crippen LogP contribution in [0.4, 0.5) is 5.69 Å². The molecule has 1 saturated carbocycles. The Labute approximate surface area is 126 Å². The second-order valence-electron chi connectivity index (χ2n) is 6.51. The van der Waals surface area contributed by atoms with Crippen LogP contribution in [0.15, 0.2) is 23.1 Å². The van der Waals surface area contributed by atoms with Crippen LogP contribution in [0.25, 0.3) is 0 Å². The van der Waals surface area contributed by atoms with Crippen LogP contribution < -0.4 is 15.2 Å². The fourth-order valence-electron chi connectivity index (χ4n) is 3.02. The summed E-state index contributed by atoms with van der Waals surface area (Å²) in [7, 11) is -2.14. The Hall–Kier alpha value is -1.27. The van der Waals surface area contributed by atoms with Crippen LogP contribution in [0.1, 0.15) is 39.5 Å². The van der Waals surface area contributed by atoms with Crippen molar-refractivity contribution in [1.82, 2.24) is 0 Å². The Morgan fingerprint density at radius 2 is 2.10 bits per heavy atom. The zero-order chi connectivity index (χ0) is 15.7. The molecule has 1 fully saturated rings. The van der Waals surface area contributed by atoms with Gasteiger partial charge < -0.3 is 10.1 Å². The molecule has 0 radical (unpaired) electrons. The van der Waals surface area contributed by atoms with Gasteiger partial charge in [-0.25, -0.2) is 13.6 Å². The highest BCUT2D eigenvalue weighted by Gasteiger charge is 2.28. The van der Waals surface area contributed by atoms with Crippen LogP contribution in [0.5, 0.6) is 5.75 Å². The first-order valence-corrected chi connectivity index (χ1v) is 8.73. The van der Waals surface area contributed by atoms with E-state index in [1.165, 1.54) is 18.9 Å².